The van der Waals surface area contributed by atoms with Gasteiger partial charge in [0.25, 0.3) is 5.91 Å². The van der Waals surface area contributed by atoms with Gasteiger partial charge in [0, 0.05) is 6.54 Å². The molecule has 2 aromatic carbocycles. The van der Waals surface area contributed by atoms with Crippen LogP contribution in [0.1, 0.15) is 52.9 Å². The lowest BCUT2D eigenvalue weighted by Gasteiger charge is -2.07. The molecule has 202 valence electrons. The third-order valence-corrected chi connectivity index (χ3v) is 6.30. The standard InChI is InChI=1S/C28H37ClN8O/c29-24-26(31)36-25(30)23(35-24)27(38)37-28(32)34-19-5-4-10-21-13-15-22(16-14-21)12-7-18-33-17-6-11-20-8-2-1-3-9-20/h1-3,8-9,13-16,33H,4-7,10-12,17-19H2,(H4,30,31,36)(H3,32,34,37,38). The molecule has 0 bridgehead atoms. The number of nitrogen functional groups attached to an aromatic ring is 2. The number of rotatable bonds is 14. The van der Waals surface area contributed by atoms with E-state index in [9.17, 15) is 4.79 Å². The van der Waals surface area contributed by atoms with Crippen molar-refractivity contribution in [3.05, 3.63) is 82.1 Å². The van der Waals surface area contributed by atoms with Gasteiger partial charge in [0.15, 0.2) is 28.4 Å². The summed E-state index contributed by atoms with van der Waals surface area (Å²) in [5.74, 6) is -0.833. The number of carbonyl (C=O) groups excluding carboxylic acids is 1. The van der Waals surface area contributed by atoms with Crippen molar-refractivity contribution in [2.45, 2.75) is 44.9 Å². The monoisotopic (exact) mass is 536 g/mol. The van der Waals surface area contributed by atoms with Crippen molar-refractivity contribution in [1.29, 1.82) is 0 Å². The lowest BCUT2D eigenvalue weighted by molar-refractivity contribution is 0.0972. The van der Waals surface area contributed by atoms with Crippen LogP contribution in [0.15, 0.2) is 59.6 Å². The molecule has 0 aliphatic heterocycles. The minimum Gasteiger partial charge on any atom is -0.382 e. The Kier molecular flexibility index (Phi) is 11.8. The summed E-state index contributed by atoms with van der Waals surface area (Å²) >= 11 is 5.81. The number of nitrogens with two attached hydrogens (primary N) is 3. The fourth-order valence-corrected chi connectivity index (χ4v) is 4.07. The number of nitrogens with one attached hydrogen (secondary N) is 2. The molecule has 1 aromatic heterocycles. The number of benzene rings is 2. The zero-order valence-corrected chi connectivity index (χ0v) is 22.4. The van der Waals surface area contributed by atoms with Gasteiger partial charge in [0.1, 0.15) is 0 Å². The predicted octanol–water partition coefficient (Wildman–Crippen LogP) is 3.52. The molecule has 38 heavy (non-hydrogen) atoms. The summed E-state index contributed by atoms with van der Waals surface area (Å²) in [5, 5.41) is 5.88. The third kappa shape index (κ3) is 9.99. The summed E-state index contributed by atoms with van der Waals surface area (Å²) in [6, 6.07) is 19.5. The van der Waals surface area contributed by atoms with Crippen molar-refractivity contribution in [3.8, 4) is 0 Å². The summed E-state index contributed by atoms with van der Waals surface area (Å²) in [6.07, 6.45) is 7.25. The molecule has 0 unspecified atom stereocenters. The number of amides is 1. The van der Waals surface area contributed by atoms with Gasteiger partial charge < -0.3 is 22.5 Å². The van der Waals surface area contributed by atoms with Gasteiger partial charge in [-0.15, -0.1) is 0 Å². The van der Waals surface area contributed by atoms with E-state index in [0.717, 1.165) is 58.0 Å². The van der Waals surface area contributed by atoms with Crippen LogP contribution in [0.25, 0.3) is 0 Å². The number of hydrogen-bond donors (Lipinski definition) is 5. The smallest absolute Gasteiger partial charge is 0.280 e. The molecule has 0 saturated carbocycles. The molecule has 0 spiro atoms. The fourth-order valence-electron chi connectivity index (χ4n) is 3.94. The number of hydrogen-bond acceptors (Lipinski definition) is 7. The summed E-state index contributed by atoms with van der Waals surface area (Å²) in [5.41, 5.74) is 20.9. The molecule has 1 amide bonds. The Labute approximate surface area is 229 Å². The predicted molar refractivity (Wildman–Crippen MR) is 155 cm³/mol. The maximum atomic E-state index is 12.3. The van der Waals surface area contributed by atoms with Gasteiger partial charge in [-0.1, -0.05) is 66.2 Å². The molecule has 0 radical (unpaired) electrons. The average molecular weight is 537 g/mol. The van der Waals surface area contributed by atoms with Gasteiger partial charge >= 0.3 is 0 Å². The van der Waals surface area contributed by atoms with Crippen LogP contribution in [0.4, 0.5) is 11.6 Å². The van der Waals surface area contributed by atoms with Gasteiger partial charge in [-0.3, -0.25) is 15.1 Å². The molecule has 8 N–H and O–H groups in total. The van der Waals surface area contributed by atoms with Gasteiger partial charge in [-0.05, 0) is 74.7 Å². The van der Waals surface area contributed by atoms with Crippen molar-refractivity contribution < 1.29 is 4.79 Å². The Bertz CT molecular complexity index is 1190. The van der Waals surface area contributed by atoms with Crippen LogP contribution in [0.3, 0.4) is 0 Å². The molecule has 0 fully saturated rings. The van der Waals surface area contributed by atoms with Crippen LogP contribution in [-0.2, 0) is 19.3 Å². The number of aryl methyl sites for hydroxylation is 3. The lowest BCUT2D eigenvalue weighted by atomic mass is 10.0. The molecule has 0 atom stereocenters. The van der Waals surface area contributed by atoms with E-state index >= 15 is 0 Å². The quantitative estimate of drug-likeness (QED) is 0.120. The first-order valence-corrected chi connectivity index (χ1v) is 13.3. The van der Waals surface area contributed by atoms with E-state index in [0.29, 0.717) is 6.54 Å². The number of aliphatic imine (C=N–C) groups is 1. The zero-order valence-electron chi connectivity index (χ0n) is 21.6. The van der Waals surface area contributed by atoms with Gasteiger partial charge in [0.2, 0.25) is 0 Å². The second-order valence-electron chi connectivity index (χ2n) is 9.07. The largest absolute Gasteiger partial charge is 0.382 e. The van der Waals surface area contributed by atoms with Gasteiger partial charge in [-0.2, -0.15) is 0 Å². The van der Waals surface area contributed by atoms with Crippen molar-refractivity contribution >= 4 is 35.1 Å². The third-order valence-electron chi connectivity index (χ3n) is 6.02. The summed E-state index contributed by atoms with van der Waals surface area (Å²) in [4.78, 5) is 24.1. The van der Waals surface area contributed by atoms with E-state index in [4.69, 9.17) is 28.8 Å². The maximum absolute atomic E-state index is 12.3. The van der Waals surface area contributed by atoms with Gasteiger partial charge in [0.05, 0.1) is 0 Å². The highest BCUT2D eigenvalue weighted by atomic mass is 35.5. The summed E-state index contributed by atoms with van der Waals surface area (Å²) in [6.45, 7) is 2.58. The molecule has 3 aromatic rings. The fraction of sp³-hybridized carbons (Fsp3) is 0.357. The van der Waals surface area contributed by atoms with Crippen LogP contribution < -0.4 is 27.8 Å². The van der Waals surface area contributed by atoms with Crippen LogP contribution in [0.5, 0.6) is 0 Å². The van der Waals surface area contributed by atoms with E-state index in [1.165, 1.54) is 16.7 Å². The lowest BCUT2D eigenvalue weighted by Crippen LogP contribution is -2.38. The Balaban J connectivity index is 1.26. The Hall–Kier alpha value is -3.69. The highest BCUT2D eigenvalue weighted by molar-refractivity contribution is 6.31. The first-order chi connectivity index (χ1) is 18.4. The number of nitrogens with zero attached hydrogens (tertiary/aromatic N) is 3. The molecule has 3 rings (SSSR count). The maximum Gasteiger partial charge on any atom is 0.280 e. The first kappa shape index (κ1) is 28.9. The molecular weight excluding hydrogens is 500 g/mol. The van der Waals surface area contributed by atoms with Crippen molar-refractivity contribution in [1.82, 2.24) is 20.6 Å². The Morgan fingerprint density at radius 1 is 0.789 bits per heavy atom. The van der Waals surface area contributed by atoms with E-state index in [2.05, 4.69) is 80.2 Å². The normalized spacial score (nSPS) is 11.4. The summed E-state index contributed by atoms with van der Waals surface area (Å²) < 4.78 is 0. The zero-order chi connectivity index (χ0) is 27.2. The average Bonchev–Trinajstić information content (AvgIpc) is 2.91. The second kappa shape index (κ2) is 15.5. The van der Waals surface area contributed by atoms with E-state index < -0.39 is 5.91 Å². The van der Waals surface area contributed by atoms with Crippen molar-refractivity contribution in [2.75, 3.05) is 31.1 Å². The van der Waals surface area contributed by atoms with Crippen LogP contribution >= 0.6 is 11.6 Å². The summed E-state index contributed by atoms with van der Waals surface area (Å²) in [7, 11) is 0. The number of halogens is 1. The van der Waals surface area contributed by atoms with Crippen LogP contribution in [-0.4, -0.2) is 41.5 Å². The Morgan fingerprint density at radius 3 is 2.00 bits per heavy atom. The number of carbonyl (C=O) groups is 1. The van der Waals surface area contributed by atoms with Crippen LogP contribution in [0.2, 0.25) is 5.15 Å². The SMILES string of the molecule is NC(=NCCCCc1ccc(CCCNCCCc2ccccc2)cc1)NC(=O)c1nc(Cl)c(N)nc1N. The second-order valence-corrected chi connectivity index (χ2v) is 9.43. The van der Waals surface area contributed by atoms with Gasteiger partial charge in [-0.25, -0.2) is 9.97 Å². The van der Waals surface area contributed by atoms with E-state index in [-0.39, 0.29) is 28.4 Å². The molecular formula is C28H37ClN8O. The molecule has 0 aliphatic rings. The molecule has 0 aliphatic carbocycles. The Morgan fingerprint density at radius 2 is 1.37 bits per heavy atom. The molecule has 1 heterocycles. The number of anilines is 2. The number of unbranched alkanes of at least 4 members (excludes halogenated alkanes) is 1. The van der Waals surface area contributed by atoms with Crippen molar-refractivity contribution in [2.24, 2.45) is 10.7 Å². The van der Waals surface area contributed by atoms with E-state index in [1.807, 2.05) is 0 Å². The van der Waals surface area contributed by atoms with E-state index in [1.54, 1.807) is 0 Å². The molecule has 9 nitrogen and oxygen atoms in total. The minimum absolute atomic E-state index is 0.0146. The topological polar surface area (TPSA) is 157 Å². The number of aromatic nitrogens is 2. The molecule has 10 heteroatoms. The highest BCUT2D eigenvalue weighted by Gasteiger charge is 2.16. The molecule has 0 saturated heterocycles. The van der Waals surface area contributed by atoms with Crippen LogP contribution in [0, 0.1) is 0 Å². The highest BCUT2D eigenvalue weighted by Crippen LogP contribution is 2.17. The van der Waals surface area contributed by atoms with Crippen molar-refractivity contribution in [3.63, 3.8) is 0 Å². The number of guanidine groups is 1. The first-order valence-electron chi connectivity index (χ1n) is 12.9. The minimum atomic E-state index is -0.642.